The van der Waals surface area contributed by atoms with E-state index in [4.69, 9.17) is 0 Å². The number of alkyl halides is 3. The smallest absolute Gasteiger partial charge is 0.352 e. The molecule has 28 heavy (non-hydrogen) atoms. The first-order valence-electron chi connectivity index (χ1n) is 9.40. The van der Waals surface area contributed by atoms with Crippen molar-refractivity contribution in [3.05, 3.63) is 29.3 Å². The Labute approximate surface area is 167 Å². The second kappa shape index (κ2) is 10.7. The first-order valence-corrected chi connectivity index (χ1v) is 10.6. The number of carbonyl (C=O) groups excluding carboxylic acids is 2. The number of rotatable bonds is 9. The first kappa shape index (κ1) is 22.5. The molecule has 0 bridgehead atoms. The Kier molecular flexibility index (Phi) is 8.62. The normalized spacial score (nSPS) is 14.9. The summed E-state index contributed by atoms with van der Waals surface area (Å²) in [6.07, 6.45) is -1.50. The van der Waals surface area contributed by atoms with E-state index in [-0.39, 0.29) is 17.0 Å². The Morgan fingerprint density at radius 1 is 1.18 bits per heavy atom. The van der Waals surface area contributed by atoms with Gasteiger partial charge in [-0.05, 0) is 62.8 Å². The van der Waals surface area contributed by atoms with Crippen molar-refractivity contribution in [2.75, 3.05) is 43.0 Å². The molecule has 1 aliphatic heterocycles. The van der Waals surface area contributed by atoms with Crippen LogP contribution in [-0.4, -0.2) is 54.4 Å². The second-order valence-electron chi connectivity index (χ2n) is 6.64. The number of hydrogen-bond acceptors (Lipinski definition) is 4. The Bertz CT molecular complexity index is 677. The van der Waals surface area contributed by atoms with Gasteiger partial charge in [-0.15, -0.1) is 0 Å². The Morgan fingerprint density at radius 2 is 1.89 bits per heavy atom. The minimum atomic E-state index is -4.61. The standard InChI is InChI=1S/C19H26F3N3O2S/c1-2-28-13-17(26)24-16-11-14(10-15(12-16)19(20,21)22)18(27)23-6-5-9-25-7-3-4-8-25/h10-12H,2-9,13H2,1H3,(H,23,27)(H,24,26). The number of nitrogens with zero attached hydrogens (tertiary/aromatic N) is 1. The molecule has 0 aliphatic carbocycles. The highest BCUT2D eigenvalue weighted by molar-refractivity contribution is 7.99. The van der Waals surface area contributed by atoms with Crippen LogP contribution in [-0.2, 0) is 11.0 Å². The molecule has 1 saturated heterocycles. The molecule has 0 aromatic heterocycles. The number of amides is 2. The van der Waals surface area contributed by atoms with E-state index in [0.29, 0.717) is 6.54 Å². The van der Waals surface area contributed by atoms with Crippen LogP contribution >= 0.6 is 11.8 Å². The van der Waals surface area contributed by atoms with E-state index in [1.165, 1.54) is 30.7 Å². The van der Waals surface area contributed by atoms with Gasteiger partial charge in [0, 0.05) is 17.8 Å². The summed E-state index contributed by atoms with van der Waals surface area (Å²) in [4.78, 5) is 26.5. The second-order valence-corrected chi connectivity index (χ2v) is 7.91. The Hall–Kier alpha value is -1.74. The topological polar surface area (TPSA) is 61.4 Å². The highest BCUT2D eigenvalue weighted by atomic mass is 32.2. The van der Waals surface area contributed by atoms with Crippen molar-refractivity contribution in [1.29, 1.82) is 0 Å². The highest BCUT2D eigenvalue weighted by Gasteiger charge is 2.32. The molecule has 0 unspecified atom stereocenters. The van der Waals surface area contributed by atoms with E-state index in [1.807, 2.05) is 6.92 Å². The third-order valence-corrected chi connectivity index (χ3v) is 5.25. The number of thioether (sulfide) groups is 1. The summed E-state index contributed by atoms with van der Waals surface area (Å²) in [5.41, 5.74) is -1.11. The van der Waals surface area contributed by atoms with Gasteiger partial charge in [-0.3, -0.25) is 9.59 Å². The fourth-order valence-corrected chi connectivity index (χ4v) is 3.46. The molecule has 2 N–H and O–H groups in total. The van der Waals surface area contributed by atoms with Crippen LogP contribution in [0.15, 0.2) is 18.2 Å². The van der Waals surface area contributed by atoms with Crippen LogP contribution < -0.4 is 10.6 Å². The number of halogens is 3. The zero-order valence-corrected chi connectivity index (χ0v) is 16.7. The molecule has 0 atom stereocenters. The maximum Gasteiger partial charge on any atom is 0.416 e. The predicted molar refractivity (Wildman–Crippen MR) is 106 cm³/mol. The maximum absolute atomic E-state index is 13.2. The average molecular weight is 417 g/mol. The van der Waals surface area contributed by atoms with Crippen LogP contribution in [0, 0.1) is 0 Å². The van der Waals surface area contributed by atoms with Crippen LogP contribution in [0.3, 0.4) is 0 Å². The molecule has 1 fully saturated rings. The summed E-state index contributed by atoms with van der Waals surface area (Å²) in [5, 5.41) is 5.11. The summed E-state index contributed by atoms with van der Waals surface area (Å²) in [7, 11) is 0. The number of carbonyl (C=O) groups is 2. The van der Waals surface area contributed by atoms with Gasteiger partial charge in [0.2, 0.25) is 5.91 Å². The minimum Gasteiger partial charge on any atom is -0.352 e. The fourth-order valence-electron chi connectivity index (χ4n) is 3.00. The molecule has 2 rings (SSSR count). The van der Waals surface area contributed by atoms with Gasteiger partial charge in [0.15, 0.2) is 0 Å². The monoisotopic (exact) mass is 417 g/mol. The molecule has 1 aromatic rings. The van der Waals surface area contributed by atoms with Crippen LogP contribution in [0.25, 0.3) is 0 Å². The molecular formula is C19H26F3N3O2S. The van der Waals surface area contributed by atoms with Crippen LogP contribution in [0.4, 0.5) is 18.9 Å². The van der Waals surface area contributed by atoms with E-state index >= 15 is 0 Å². The Morgan fingerprint density at radius 3 is 2.54 bits per heavy atom. The Balaban J connectivity index is 2.00. The van der Waals surface area contributed by atoms with E-state index in [1.54, 1.807) is 0 Å². The minimum absolute atomic E-state index is 0.0289. The summed E-state index contributed by atoms with van der Waals surface area (Å²) >= 11 is 1.36. The zero-order chi connectivity index (χ0) is 20.6. The zero-order valence-electron chi connectivity index (χ0n) is 15.9. The van der Waals surface area contributed by atoms with Gasteiger partial charge in [-0.1, -0.05) is 6.92 Å². The van der Waals surface area contributed by atoms with Crippen molar-refractivity contribution in [1.82, 2.24) is 10.2 Å². The van der Waals surface area contributed by atoms with Crippen LogP contribution in [0.1, 0.15) is 42.1 Å². The first-order chi connectivity index (χ1) is 13.3. The quantitative estimate of drug-likeness (QED) is 0.603. The van der Waals surface area contributed by atoms with E-state index in [2.05, 4.69) is 15.5 Å². The summed E-state index contributed by atoms with van der Waals surface area (Å²) in [5.74, 6) is -0.111. The maximum atomic E-state index is 13.2. The van der Waals surface area contributed by atoms with Gasteiger partial charge in [0.05, 0.1) is 11.3 Å². The number of nitrogens with one attached hydrogen (secondary N) is 2. The van der Waals surface area contributed by atoms with Crippen molar-refractivity contribution in [2.45, 2.75) is 32.4 Å². The van der Waals surface area contributed by atoms with Gasteiger partial charge in [-0.2, -0.15) is 24.9 Å². The third kappa shape index (κ3) is 7.35. The largest absolute Gasteiger partial charge is 0.416 e. The lowest BCUT2D eigenvalue weighted by molar-refractivity contribution is -0.137. The molecule has 2 amide bonds. The molecule has 156 valence electrons. The van der Waals surface area contributed by atoms with Crippen LogP contribution in [0.5, 0.6) is 0 Å². The van der Waals surface area contributed by atoms with Crippen LogP contribution in [0.2, 0.25) is 0 Å². The molecule has 1 aliphatic rings. The summed E-state index contributed by atoms with van der Waals surface area (Å²) in [6, 6.07) is 2.93. The lowest BCUT2D eigenvalue weighted by Gasteiger charge is -2.15. The van der Waals surface area contributed by atoms with Crippen molar-refractivity contribution in [3.63, 3.8) is 0 Å². The highest BCUT2D eigenvalue weighted by Crippen LogP contribution is 2.32. The van der Waals surface area contributed by atoms with Gasteiger partial charge < -0.3 is 15.5 Å². The number of hydrogen-bond donors (Lipinski definition) is 2. The average Bonchev–Trinajstić information content (AvgIpc) is 3.16. The van der Waals surface area contributed by atoms with Gasteiger partial charge in [-0.25, -0.2) is 0 Å². The lowest BCUT2D eigenvalue weighted by Crippen LogP contribution is -2.29. The molecular weight excluding hydrogens is 391 g/mol. The number of anilines is 1. The third-order valence-electron chi connectivity index (χ3n) is 4.38. The summed E-state index contributed by atoms with van der Waals surface area (Å²) in [6.45, 7) is 5.25. The van der Waals surface area contributed by atoms with E-state index in [9.17, 15) is 22.8 Å². The summed E-state index contributed by atoms with van der Waals surface area (Å²) < 4.78 is 39.5. The fraction of sp³-hybridized carbons (Fsp3) is 0.579. The molecule has 9 heteroatoms. The van der Waals surface area contributed by atoms with E-state index < -0.39 is 23.6 Å². The lowest BCUT2D eigenvalue weighted by atomic mass is 10.1. The molecule has 0 radical (unpaired) electrons. The van der Waals surface area contributed by atoms with Gasteiger partial charge in [0.25, 0.3) is 5.91 Å². The molecule has 5 nitrogen and oxygen atoms in total. The molecule has 0 saturated carbocycles. The number of benzene rings is 1. The van der Waals surface area contributed by atoms with Gasteiger partial charge >= 0.3 is 6.18 Å². The molecule has 1 heterocycles. The van der Waals surface area contributed by atoms with Crippen molar-refractivity contribution >= 4 is 29.3 Å². The number of likely N-dealkylation sites (tertiary alicyclic amines) is 1. The van der Waals surface area contributed by atoms with Crippen molar-refractivity contribution in [3.8, 4) is 0 Å². The molecule has 1 aromatic carbocycles. The van der Waals surface area contributed by atoms with E-state index in [0.717, 1.165) is 43.9 Å². The van der Waals surface area contributed by atoms with Crippen molar-refractivity contribution in [2.24, 2.45) is 0 Å². The SMILES string of the molecule is CCSCC(=O)Nc1cc(C(=O)NCCCN2CCCC2)cc(C(F)(F)F)c1. The van der Waals surface area contributed by atoms with Crippen molar-refractivity contribution < 1.29 is 22.8 Å². The van der Waals surface area contributed by atoms with Gasteiger partial charge in [0.1, 0.15) is 0 Å². The molecule has 0 spiro atoms. The predicted octanol–water partition coefficient (Wildman–Crippen LogP) is 3.61.